The van der Waals surface area contributed by atoms with Gasteiger partial charge in [-0.05, 0) is 32.1 Å². The van der Waals surface area contributed by atoms with E-state index in [1.165, 1.54) is 180 Å². The number of hydrogen-bond donors (Lipinski definition) is 1. The highest BCUT2D eigenvalue weighted by Crippen LogP contribution is 2.17. The van der Waals surface area contributed by atoms with Crippen LogP contribution >= 0.6 is 0 Å². The molecule has 0 aliphatic heterocycles. The first-order valence-corrected chi connectivity index (χ1v) is 20.0. The number of carboxylic acids is 1. The van der Waals surface area contributed by atoms with Gasteiger partial charge < -0.3 is 9.84 Å². The smallest absolute Gasteiger partial charge is 0.306 e. The number of hydrogen-bond acceptors (Lipinski definition) is 3. The van der Waals surface area contributed by atoms with Crippen LogP contribution in [0.4, 0.5) is 0 Å². The molecule has 4 nitrogen and oxygen atoms in total. The van der Waals surface area contributed by atoms with Crippen molar-refractivity contribution in [1.29, 1.82) is 0 Å². The fourth-order valence-corrected chi connectivity index (χ4v) is 6.35. The van der Waals surface area contributed by atoms with Crippen LogP contribution in [0, 0.1) is 0 Å². The highest BCUT2D eigenvalue weighted by atomic mass is 16.5. The number of carbonyl (C=O) groups is 2. The van der Waals surface area contributed by atoms with Gasteiger partial charge in [0.05, 0.1) is 0 Å². The lowest BCUT2D eigenvalue weighted by molar-refractivity contribution is -0.149. The van der Waals surface area contributed by atoms with Crippen LogP contribution in [0.1, 0.15) is 239 Å². The van der Waals surface area contributed by atoms with Gasteiger partial charge in [-0.15, -0.1) is 0 Å². The van der Waals surface area contributed by atoms with E-state index in [9.17, 15) is 9.59 Å². The van der Waals surface area contributed by atoms with E-state index in [4.69, 9.17) is 9.84 Å². The maximum atomic E-state index is 12.3. The van der Waals surface area contributed by atoms with Crippen LogP contribution in [0.3, 0.4) is 0 Å². The molecular formula is C40H78O4. The first-order chi connectivity index (χ1) is 21.6. The molecule has 0 aromatic carbocycles. The fraction of sp³-hybridized carbons (Fsp3) is 0.950. The molecule has 0 bridgehead atoms. The summed E-state index contributed by atoms with van der Waals surface area (Å²) in [4.78, 5) is 22.8. The Labute approximate surface area is 275 Å². The summed E-state index contributed by atoms with van der Waals surface area (Å²) in [6.45, 7) is 4.43. The Morgan fingerprint density at radius 1 is 0.432 bits per heavy atom. The molecule has 0 aromatic heterocycles. The highest BCUT2D eigenvalue weighted by Gasteiger charge is 2.12. The average Bonchev–Trinajstić information content (AvgIpc) is 3.01. The molecule has 0 saturated heterocycles. The zero-order chi connectivity index (χ0) is 32.2. The molecule has 0 heterocycles. The summed E-state index contributed by atoms with van der Waals surface area (Å²) in [5, 5.41) is 8.65. The van der Waals surface area contributed by atoms with Crippen LogP contribution in [0.5, 0.6) is 0 Å². The third-order valence-electron chi connectivity index (χ3n) is 9.40. The van der Waals surface area contributed by atoms with Gasteiger partial charge in [-0.3, -0.25) is 9.59 Å². The lowest BCUT2D eigenvalue weighted by atomic mass is 10.0. The van der Waals surface area contributed by atoms with Gasteiger partial charge in [0.2, 0.25) is 0 Å². The van der Waals surface area contributed by atoms with Crippen LogP contribution in [0.2, 0.25) is 0 Å². The maximum Gasteiger partial charge on any atom is 0.306 e. The monoisotopic (exact) mass is 623 g/mol. The quantitative estimate of drug-likeness (QED) is 0.0553. The molecule has 0 amide bonds. The molecular weight excluding hydrogens is 544 g/mol. The Bertz CT molecular complexity index is 590. The Morgan fingerprint density at radius 2 is 0.727 bits per heavy atom. The van der Waals surface area contributed by atoms with E-state index in [1.54, 1.807) is 0 Å². The Kier molecular flexibility index (Phi) is 35.5. The maximum absolute atomic E-state index is 12.3. The van der Waals surface area contributed by atoms with E-state index in [0.29, 0.717) is 12.8 Å². The van der Waals surface area contributed by atoms with Gasteiger partial charge in [-0.1, -0.05) is 194 Å². The van der Waals surface area contributed by atoms with Crippen molar-refractivity contribution in [2.45, 2.75) is 245 Å². The first kappa shape index (κ1) is 42.9. The number of rotatable bonds is 37. The minimum absolute atomic E-state index is 0.0241. The zero-order valence-corrected chi connectivity index (χ0v) is 30.0. The van der Waals surface area contributed by atoms with Gasteiger partial charge in [0, 0.05) is 12.8 Å². The number of ether oxygens (including phenoxy) is 1. The molecule has 4 heteroatoms. The summed E-state index contributed by atoms with van der Waals surface area (Å²) in [6, 6.07) is 0. The average molecular weight is 623 g/mol. The summed E-state index contributed by atoms with van der Waals surface area (Å²) in [5.74, 6) is -0.641. The molecule has 0 aliphatic carbocycles. The lowest BCUT2D eigenvalue weighted by Crippen LogP contribution is -2.17. The molecule has 1 atom stereocenters. The Balaban J connectivity index is 3.38. The largest absolute Gasteiger partial charge is 0.481 e. The third-order valence-corrected chi connectivity index (χ3v) is 9.40. The summed E-state index contributed by atoms with van der Waals surface area (Å²) < 4.78 is 5.79. The number of aliphatic carboxylic acids is 1. The van der Waals surface area contributed by atoms with Gasteiger partial charge in [-0.2, -0.15) is 0 Å². The van der Waals surface area contributed by atoms with Gasteiger partial charge in [0.1, 0.15) is 6.10 Å². The lowest BCUT2D eigenvalue weighted by Gasteiger charge is -2.16. The molecule has 1 N–H and O–H groups in total. The van der Waals surface area contributed by atoms with Crippen molar-refractivity contribution in [3.63, 3.8) is 0 Å². The van der Waals surface area contributed by atoms with Crippen molar-refractivity contribution in [2.75, 3.05) is 0 Å². The second-order valence-corrected chi connectivity index (χ2v) is 13.8. The SMILES string of the molecule is CCCCCCCCCCCCCCCCCCCC(=O)OC(CC)CCCCCCCCCCCCCCCCC(=O)O. The molecule has 262 valence electrons. The Morgan fingerprint density at radius 3 is 1.05 bits per heavy atom. The minimum Gasteiger partial charge on any atom is -0.481 e. The van der Waals surface area contributed by atoms with Crippen LogP contribution in [0.15, 0.2) is 0 Å². The molecule has 0 spiro atoms. The predicted octanol–water partition coefficient (Wildman–Crippen LogP) is 13.7. The van der Waals surface area contributed by atoms with Crippen molar-refractivity contribution in [2.24, 2.45) is 0 Å². The van der Waals surface area contributed by atoms with E-state index in [1.807, 2.05) is 0 Å². The van der Waals surface area contributed by atoms with E-state index in [0.717, 1.165) is 32.1 Å². The molecule has 0 saturated carbocycles. The van der Waals surface area contributed by atoms with Crippen LogP contribution in [-0.2, 0) is 14.3 Å². The topological polar surface area (TPSA) is 63.6 Å². The molecule has 0 aliphatic rings. The van der Waals surface area contributed by atoms with Crippen molar-refractivity contribution < 1.29 is 19.4 Å². The number of unbranched alkanes of at least 4 members (excludes halogenated alkanes) is 29. The fourth-order valence-electron chi connectivity index (χ4n) is 6.35. The molecule has 0 rings (SSSR count). The van der Waals surface area contributed by atoms with Crippen molar-refractivity contribution in [3.8, 4) is 0 Å². The van der Waals surface area contributed by atoms with Crippen LogP contribution < -0.4 is 0 Å². The standard InChI is InChI=1S/C40H78O4/c1-3-5-6-7-8-9-10-11-12-13-14-19-22-25-28-31-34-37-40(43)44-38(4-2)35-32-29-26-23-20-17-15-16-18-21-24-27-30-33-36-39(41)42/h38H,3-37H2,1-2H3,(H,41,42). The molecule has 0 aromatic rings. The summed E-state index contributed by atoms with van der Waals surface area (Å²) in [7, 11) is 0. The van der Waals surface area contributed by atoms with Crippen molar-refractivity contribution in [1.82, 2.24) is 0 Å². The van der Waals surface area contributed by atoms with Gasteiger partial charge in [0.25, 0.3) is 0 Å². The number of carboxylic acid groups (broad SMARTS) is 1. The third kappa shape index (κ3) is 35.4. The van der Waals surface area contributed by atoms with E-state index in [2.05, 4.69) is 13.8 Å². The van der Waals surface area contributed by atoms with Gasteiger partial charge in [-0.25, -0.2) is 0 Å². The van der Waals surface area contributed by atoms with E-state index >= 15 is 0 Å². The van der Waals surface area contributed by atoms with Crippen molar-refractivity contribution >= 4 is 11.9 Å². The summed E-state index contributed by atoms with van der Waals surface area (Å²) >= 11 is 0. The van der Waals surface area contributed by atoms with Gasteiger partial charge >= 0.3 is 11.9 Å². The van der Waals surface area contributed by atoms with Crippen LogP contribution in [-0.4, -0.2) is 23.1 Å². The minimum atomic E-state index is -0.665. The molecule has 44 heavy (non-hydrogen) atoms. The zero-order valence-electron chi connectivity index (χ0n) is 30.0. The number of esters is 1. The van der Waals surface area contributed by atoms with Gasteiger partial charge in [0.15, 0.2) is 0 Å². The molecule has 1 unspecified atom stereocenters. The van der Waals surface area contributed by atoms with E-state index < -0.39 is 5.97 Å². The Hall–Kier alpha value is -1.06. The summed E-state index contributed by atoms with van der Waals surface area (Å²) in [6.07, 6.45) is 43.6. The predicted molar refractivity (Wildman–Crippen MR) is 190 cm³/mol. The highest BCUT2D eigenvalue weighted by molar-refractivity contribution is 5.69. The summed E-state index contributed by atoms with van der Waals surface area (Å²) in [5.41, 5.74) is 0. The molecule has 0 fully saturated rings. The second-order valence-electron chi connectivity index (χ2n) is 13.8. The van der Waals surface area contributed by atoms with Crippen LogP contribution in [0.25, 0.3) is 0 Å². The number of carbonyl (C=O) groups excluding carboxylic acids is 1. The molecule has 0 radical (unpaired) electrons. The van der Waals surface area contributed by atoms with Crippen molar-refractivity contribution in [3.05, 3.63) is 0 Å². The first-order valence-electron chi connectivity index (χ1n) is 20.0. The second kappa shape index (κ2) is 36.4. The van der Waals surface area contributed by atoms with E-state index in [-0.39, 0.29) is 12.1 Å². The normalized spacial score (nSPS) is 12.0.